The summed E-state index contributed by atoms with van der Waals surface area (Å²) in [4.78, 5) is 16.9. The highest BCUT2D eigenvalue weighted by atomic mass is 79.9. The molecule has 0 N–H and O–H groups in total. The lowest BCUT2D eigenvalue weighted by atomic mass is 10.0. The smallest absolute Gasteiger partial charge is 0.453 e. The normalized spacial score (nSPS) is 12.2. The van der Waals surface area contributed by atoms with E-state index in [0.29, 0.717) is 25.8 Å². The third kappa shape index (κ3) is 6.03. The van der Waals surface area contributed by atoms with Crippen molar-refractivity contribution >= 4 is 45.6 Å². The van der Waals surface area contributed by atoms with Gasteiger partial charge in [0.25, 0.3) is 5.82 Å². The molecular weight excluding hydrogens is 539 g/mol. The summed E-state index contributed by atoms with van der Waals surface area (Å²) in [5, 5.41) is 14.6. The van der Waals surface area contributed by atoms with Crippen LogP contribution in [0.15, 0.2) is 68.4 Å². The zero-order valence-corrected chi connectivity index (χ0v) is 20.2. The van der Waals surface area contributed by atoms with Crippen molar-refractivity contribution in [1.82, 2.24) is 14.9 Å². The Bertz CT molecular complexity index is 1230. The SMILES string of the molecule is CO/N=C(/C(=O)OC)c1ccccc1CSc1nnc(C(F)(F)F)n1/N=C/c1ccccc1Br. The number of nitrogens with zero attached hydrogens (tertiary/aromatic N) is 5. The van der Waals surface area contributed by atoms with Crippen molar-refractivity contribution < 1.29 is 27.5 Å². The second kappa shape index (κ2) is 11.3. The number of rotatable bonds is 8. The quantitative estimate of drug-likeness (QED) is 0.172. The van der Waals surface area contributed by atoms with E-state index >= 15 is 0 Å². The fourth-order valence-corrected chi connectivity index (χ4v) is 4.02. The van der Waals surface area contributed by atoms with Crippen LogP contribution < -0.4 is 0 Å². The van der Waals surface area contributed by atoms with Crippen molar-refractivity contribution in [3.05, 3.63) is 75.5 Å². The van der Waals surface area contributed by atoms with Crippen LogP contribution in [-0.4, -0.2) is 47.0 Å². The number of carbonyl (C=O) groups is 1. The van der Waals surface area contributed by atoms with E-state index < -0.39 is 18.0 Å². The number of oxime groups is 1. The molecule has 0 aliphatic heterocycles. The van der Waals surface area contributed by atoms with Gasteiger partial charge in [-0.15, -0.1) is 10.2 Å². The van der Waals surface area contributed by atoms with Gasteiger partial charge in [0, 0.05) is 21.4 Å². The molecule has 34 heavy (non-hydrogen) atoms. The van der Waals surface area contributed by atoms with Crippen LogP contribution in [0.2, 0.25) is 0 Å². The Morgan fingerprint density at radius 3 is 2.53 bits per heavy atom. The Morgan fingerprint density at radius 1 is 1.15 bits per heavy atom. The molecule has 0 radical (unpaired) electrons. The number of hydrogen-bond donors (Lipinski definition) is 0. The Kier molecular flexibility index (Phi) is 8.45. The molecule has 0 amide bonds. The highest BCUT2D eigenvalue weighted by molar-refractivity contribution is 9.10. The van der Waals surface area contributed by atoms with E-state index in [1.807, 2.05) is 0 Å². The predicted molar refractivity (Wildman–Crippen MR) is 124 cm³/mol. The van der Waals surface area contributed by atoms with Crippen LogP contribution >= 0.6 is 27.7 Å². The van der Waals surface area contributed by atoms with Crippen LogP contribution in [0.4, 0.5) is 13.2 Å². The number of carbonyl (C=O) groups excluding carboxylic acids is 1. The van der Waals surface area contributed by atoms with E-state index in [1.165, 1.54) is 20.4 Å². The number of benzene rings is 2. The number of thioether (sulfide) groups is 1. The molecule has 0 saturated carbocycles. The Hall–Kier alpha value is -3.19. The summed E-state index contributed by atoms with van der Waals surface area (Å²) < 4.78 is 46.6. The van der Waals surface area contributed by atoms with E-state index in [0.717, 1.165) is 11.8 Å². The first-order chi connectivity index (χ1) is 16.3. The average Bonchev–Trinajstić information content (AvgIpc) is 3.24. The molecule has 0 saturated heterocycles. The van der Waals surface area contributed by atoms with Crippen LogP contribution in [0.5, 0.6) is 0 Å². The van der Waals surface area contributed by atoms with Gasteiger partial charge >= 0.3 is 12.1 Å². The third-order valence-electron chi connectivity index (χ3n) is 4.27. The van der Waals surface area contributed by atoms with E-state index in [1.54, 1.807) is 48.5 Å². The van der Waals surface area contributed by atoms with Gasteiger partial charge in [-0.3, -0.25) is 0 Å². The van der Waals surface area contributed by atoms with Gasteiger partial charge in [0.15, 0.2) is 5.71 Å². The maximum Gasteiger partial charge on any atom is 0.453 e. The maximum atomic E-state index is 13.5. The average molecular weight is 556 g/mol. The lowest BCUT2D eigenvalue weighted by Gasteiger charge is -2.10. The predicted octanol–water partition coefficient (Wildman–Crippen LogP) is 4.76. The molecular formula is C21H17BrF3N5O3S. The maximum absolute atomic E-state index is 13.5. The summed E-state index contributed by atoms with van der Waals surface area (Å²) in [6, 6.07) is 13.7. The summed E-state index contributed by atoms with van der Waals surface area (Å²) in [6.07, 6.45) is -3.49. The molecule has 0 aliphatic rings. The van der Waals surface area contributed by atoms with Crippen LogP contribution in [0, 0.1) is 0 Å². The number of methoxy groups -OCH3 is 1. The molecule has 0 fully saturated rings. The molecule has 0 unspecified atom stereocenters. The molecule has 1 aromatic heterocycles. The van der Waals surface area contributed by atoms with Gasteiger partial charge in [0.05, 0.1) is 13.3 Å². The second-order valence-electron chi connectivity index (χ2n) is 6.44. The van der Waals surface area contributed by atoms with Crippen LogP contribution in [0.1, 0.15) is 22.5 Å². The van der Waals surface area contributed by atoms with Gasteiger partial charge in [0.1, 0.15) is 7.11 Å². The van der Waals surface area contributed by atoms with Gasteiger partial charge < -0.3 is 9.57 Å². The molecule has 13 heteroatoms. The van der Waals surface area contributed by atoms with E-state index in [9.17, 15) is 18.0 Å². The molecule has 1 heterocycles. The molecule has 8 nitrogen and oxygen atoms in total. The van der Waals surface area contributed by atoms with Crippen molar-refractivity contribution in [2.75, 3.05) is 14.2 Å². The van der Waals surface area contributed by atoms with Gasteiger partial charge in [-0.05, 0) is 11.6 Å². The van der Waals surface area contributed by atoms with E-state index in [2.05, 4.69) is 36.4 Å². The Balaban J connectivity index is 1.95. The highest BCUT2D eigenvalue weighted by Gasteiger charge is 2.39. The molecule has 178 valence electrons. The van der Waals surface area contributed by atoms with Crippen LogP contribution in [0.3, 0.4) is 0 Å². The third-order valence-corrected chi connectivity index (χ3v) is 5.96. The Morgan fingerprint density at radius 2 is 1.85 bits per heavy atom. The summed E-state index contributed by atoms with van der Waals surface area (Å²) in [6.45, 7) is 0. The fourth-order valence-electron chi connectivity index (χ4n) is 2.74. The first-order valence-corrected chi connectivity index (χ1v) is 11.3. The molecule has 0 aliphatic carbocycles. The zero-order chi connectivity index (χ0) is 24.7. The van der Waals surface area contributed by atoms with Gasteiger partial charge in [-0.25, -0.2) is 4.79 Å². The molecule has 3 aromatic rings. The minimum atomic E-state index is -4.77. The number of aromatic nitrogens is 3. The van der Waals surface area contributed by atoms with Crippen molar-refractivity contribution in [3.63, 3.8) is 0 Å². The van der Waals surface area contributed by atoms with E-state index in [-0.39, 0.29) is 16.6 Å². The highest BCUT2D eigenvalue weighted by Crippen LogP contribution is 2.32. The number of alkyl halides is 3. The molecule has 0 spiro atoms. The second-order valence-corrected chi connectivity index (χ2v) is 8.24. The number of halogens is 4. The summed E-state index contributed by atoms with van der Waals surface area (Å²) in [7, 11) is 2.49. The standard InChI is InChI=1S/C21H17BrF3N5O3S/c1-32-18(31)17(29-33-2)15-9-5-3-8-14(15)12-34-20-28-27-19(21(23,24)25)30(20)26-11-13-7-4-6-10-16(13)22/h3-11H,12H2,1-2H3/b26-11+,29-17+. The van der Waals surface area contributed by atoms with Crippen molar-refractivity contribution in [2.24, 2.45) is 10.3 Å². The largest absolute Gasteiger partial charge is 0.464 e. The summed E-state index contributed by atoms with van der Waals surface area (Å²) >= 11 is 4.29. The van der Waals surface area contributed by atoms with Crippen molar-refractivity contribution in [3.8, 4) is 0 Å². The number of hydrogen-bond acceptors (Lipinski definition) is 8. The summed E-state index contributed by atoms with van der Waals surface area (Å²) in [5.74, 6) is -1.85. The van der Waals surface area contributed by atoms with Gasteiger partial charge in [-0.1, -0.05) is 75.3 Å². The van der Waals surface area contributed by atoms with Crippen LogP contribution in [-0.2, 0) is 26.3 Å². The van der Waals surface area contributed by atoms with Gasteiger partial charge in [-0.2, -0.15) is 22.9 Å². The number of ether oxygens (including phenoxy) is 1. The zero-order valence-electron chi connectivity index (χ0n) is 17.8. The van der Waals surface area contributed by atoms with E-state index in [4.69, 9.17) is 9.57 Å². The molecule has 2 aromatic carbocycles. The first-order valence-electron chi connectivity index (χ1n) is 9.48. The number of esters is 1. The first kappa shape index (κ1) is 25.4. The summed E-state index contributed by atoms with van der Waals surface area (Å²) in [5.41, 5.74) is 1.49. The fraction of sp³-hybridized carbons (Fsp3) is 0.190. The topological polar surface area (TPSA) is 91.0 Å². The van der Waals surface area contributed by atoms with Crippen LogP contribution in [0.25, 0.3) is 0 Å². The minimum absolute atomic E-state index is 0.0782. The molecule has 3 rings (SSSR count). The van der Waals surface area contributed by atoms with Crippen molar-refractivity contribution in [2.45, 2.75) is 17.1 Å². The lowest BCUT2D eigenvalue weighted by Crippen LogP contribution is -2.19. The Labute approximate surface area is 205 Å². The van der Waals surface area contributed by atoms with Gasteiger partial charge in [0.2, 0.25) is 5.16 Å². The molecule has 0 atom stereocenters. The van der Waals surface area contributed by atoms with Crippen molar-refractivity contribution in [1.29, 1.82) is 0 Å². The lowest BCUT2D eigenvalue weighted by molar-refractivity contribution is -0.147. The molecule has 0 bridgehead atoms. The minimum Gasteiger partial charge on any atom is -0.464 e. The monoisotopic (exact) mass is 555 g/mol.